The van der Waals surface area contributed by atoms with Crippen LogP contribution in [0.15, 0.2) is 35.1 Å². The molecule has 1 aromatic heterocycles. The van der Waals surface area contributed by atoms with Crippen molar-refractivity contribution in [2.75, 3.05) is 5.32 Å². The molecule has 1 aromatic carbocycles. The number of rotatable bonds is 3. The normalized spacial score (nSPS) is 17.6. The van der Waals surface area contributed by atoms with Gasteiger partial charge in [0.2, 0.25) is 0 Å². The molecular formula is C17H21N3O. The Morgan fingerprint density at radius 1 is 1.29 bits per heavy atom. The number of aromatic nitrogens is 2. The lowest BCUT2D eigenvalue weighted by atomic mass is 9.88. The molecule has 1 atom stereocenters. The van der Waals surface area contributed by atoms with Gasteiger partial charge in [0.05, 0.1) is 0 Å². The number of anilines is 1. The molecule has 1 heterocycles. The lowest BCUT2D eigenvalue weighted by Gasteiger charge is -2.26. The third kappa shape index (κ3) is 3.15. The molecule has 0 fully saturated rings. The van der Waals surface area contributed by atoms with Gasteiger partial charge in [-0.15, -0.1) is 0 Å². The van der Waals surface area contributed by atoms with E-state index in [0.29, 0.717) is 11.9 Å². The summed E-state index contributed by atoms with van der Waals surface area (Å²) in [7, 11) is 0. The van der Waals surface area contributed by atoms with Gasteiger partial charge in [-0.05, 0) is 30.4 Å². The smallest absolute Gasteiger partial charge is 0.252 e. The van der Waals surface area contributed by atoms with Crippen LogP contribution < -0.4 is 10.9 Å². The molecule has 1 aliphatic carbocycles. The van der Waals surface area contributed by atoms with Gasteiger partial charge >= 0.3 is 0 Å². The Hall–Kier alpha value is -2.10. The highest BCUT2D eigenvalue weighted by Crippen LogP contribution is 2.23. The van der Waals surface area contributed by atoms with Crippen LogP contribution in [0.25, 0.3) is 0 Å². The largest absolute Gasteiger partial charge is 0.367 e. The predicted octanol–water partition coefficient (Wildman–Crippen LogP) is 2.86. The number of aromatic amines is 1. The zero-order valence-corrected chi connectivity index (χ0v) is 12.5. The van der Waals surface area contributed by atoms with Crippen molar-refractivity contribution in [3.8, 4) is 0 Å². The number of nitrogens with zero attached hydrogens (tertiary/aromatic N) is 1. The van der Waals surface area contributed by atoms with E-state index in [2.05, 4.69) is 39.6 Å². The summed E-state index contributed by atoms with van der Waals surface area (Å²) >= 11 is 0. The second-order valence-electron chi connectivity index (χ2n) is 6.02. The molecule has 0 amide bonds. The Balaban J connectivity index is 1.78. The molecule has 4 heteroatoms. The standard InChI is InChI=1S/C17H21N3O/c1-11(2)17-19-15(10-16(21)20-17)18-14-8-7-12-5-3-4-6-13(12)9-14/h3-6,10-11,14H,7-9H2,1-2H3,(H2,18,19,20,21). The van der Waals surface area contributed by atoms with Gasteiger partial charge in [-0.1, -0.05) is 38.1 Å². The van der Waals surface area contributed by atoms with E-state index in [0.717, 1.165) is 25.1 Å². The Kier molecular flexibility index (Phi) is 3.78. The monoisotopic (exact) mass is 283 g/mol. The molecule has 0 aliphatic heterocycles. The Labute approximate surface area is 124 Å². The van der Waals surface area contributed by atoms with Gasteiger partial charge in [-0.2, -0.15) is 0 Å². The first-order chi connectivity index (χ1) is 10.1. The molecule has 1 aliphatic rings. The quantitative estimate of drug-likeness (QED) is 0.910. The van der Waals surface area contributed by atoms with Crippen molar-refractivity contribution in [3.63, 3.8) is 0 Å². The van der Waals surface area contributed by atoms with Crippen molar-refractivity contribution in [2.45, 2.75) is 45.1 Å². The first-order valence-electron chi connectivity index (χ1n) is 7.56. The molecule has 0 bridgehead atoms. The van der Waals surface area contributed by atoms with Crippen LogP contribution in [0.4, 0.5) is 5.82 Å². The lowest BCUT2D eigenvalue weighted by molar-refractivity contribution is 0.607. The molecule has 3 rings (SSSR count). The third-order valence-corrected chi connectivity index (χ3v) is 4.01. The molecule has 0 saturated heterocycles. The average Bonchev–Trinajstić information content (AvgIpc) is 2.46. The van der Waals surface area contributed by atoms with Crippen LogP contribution in [0.2, 0.25) is 0 Å². The second-order valence-corrected chi connectivity index (χ2v) is 6.02. The van der Waals surface area contributed by atoms with Crippen LogP contribution >= 0.6 is 0 Å². The highest BCUT2D eigenvalue weighted by Gasteiger charge is 2.18. The highest BCUT2D eigenvalue weighted by atomic mass is 16.1. The topological polar surface area (TPSA) is 57.8 Å². The summed E-state index contributed by atoms with van der Waals surface area (Å²) in [5, 5.41) is 3.43. The molecule has 110 valence electrons. The van der Waals surface area contributed by atoms with Crippen LogP contribution in [0.1, 0.15) is 43.1 Å². The number of hydrogen-bond acceptors (Lipinski definition) is 3. The van der Waals surface area contributed by atoms with Crippen molar-refractivity contribution in [1.82, 2.24) is 9.97 Å². The van der Waals surface area contributed by atoms with Crippen molar-refractivity contribution >= 4 is 5.82 Å². The fourth-order valence-corrected chi connectivity index (χ4v) is 2.85. The summed E-state index contributed by atoms with van der Waals surface area (Å²) in [4.78, 5) is 19.0. The van der Waals surface area contributed by atoms with Gasteiger partial charge in [0.1, 0.15) is 11.6 Å². The minimum absolute atomic E-state index is 0.0904. The summed E-state index contributed by atoms with van der Waals surface area (Å²) in [6, 6.07) is 10.5. The fraction of sp³-hybridized carbons (Fsp3) is 0.412. The lowest BCUT2D eigenvalue weighted by Crippen LogP contribution is -2.28. The first kappa shape index (κ1) is 13.9. The van der Waals surface area contributed by atoms with Crippen molar-refractivity contribution in [3.05, 3.63) is 57.6 Å². The van der Waals surface area contributed by atoms with Gasteiger partial charge in [-0.25, -0.2) is 4.98 Å². The van der Waals surface area contributed by atoms with Crippen LogP contribution in [0, 0.1) is 0 Å². The highest BCUT2D eigenvalue weighted by molar-refractivity contribution is 5.38. The van der Waals surface area contributed by atoms with E-state index in [-0.39, 0.29) is 11.5 Å². The number of hydrogen-bond donors (Lipinski definition) is 2. The zero-order chi connectivity index (χ0) is 14.8. The Morgan fingerprint density at radius 3 is 2.81 bits per heavy atom. The van der Waals surface area contributed by atoms with Crippen LogP contribution in [0.5, 0.6) is 0 Å². The maximum Gasteiger partial charge on any atom is 0.252 e. The van der Waals surface area contributed by atoms with E-state index >= 15 is 0 Å². The van der Waals surface area contributed by atoms with E-state index in [1.165, 1.54) is 11.1 Å². The zero-order valence-electron chi connectivity index (χ0n) is 12.5. The minimum Gasteiger partial charge on any atom is -0.367 e. The summed E-state index contributed by atoms with van der Waals surface area (Å²) in [6.45, 7) is 4.05. The molecular weight excluding hydrogens is 262 g/mol. The fourth-order valence-electron chi connectivity index (χ4n) is 2.85. The Morgan fingerprint density at radius 2 is 2.05 bits per heavy atom. The minimum atomic E-state index is -0.0904. The van der Waals surface area contributed by atoms with E-state index in [1.807, 2.05) is 13.8 Å². The van der Waals surface area contributed by atoms with Crippen LogP contribution in [-0.4, -0.2) is 16.0 Å². The van der Waals surface area contributed by atoms with E-state index in [1.54, 1.807) is 6.07 Å². The summed E-state index contributed by atoms with van der Waals surface area (Å²) in [5.41, 5.74) is 2.75. The second kappa shape index (κ2) is 5.72. The first-order valence-corrected chi connectivity index (χ1v) is 7.56. The number of benzene rings is 1. The van der Waals surface area contributed by atoms with E-state index in [4.69, 9.17) is 0 Å². The summed E-state index contributed by atoms with van der Waals surface area (Å²) in [5.74, 6) is 1.64. The summed E-state index contributed by atoms with van der Waals surface area (Å²) < 4.78 is 0. The Bertz CT molecular complexity index is 690. The van der Waals surface area contributed by atoms with Gasteiger partial charge in [0.25, 0.3) is 5.56 Å². The van der Waals surface area contributed by atoms with Crippen LogP contribution in [0.3, 0.4) is 0 Å². The predicted molar refractivity (Wildman–Crippen MR) is 84.8 cm³/mol. The molecule has 21 heavy (non-hydrogen) atoms. The van der Waals surface area contributed by atoms with Gasteiger partial charge in [0.15, 0.2) is 0 Å². The maximum atomic E-state index is 11.7. The molecule has 2 aromatic rings. The number of aryl methyl sites for hydroxylation is 1. The molecule has 2 N–H and O–H groups in total. The number of fused-ring (bicyclic) bond motifs is 1. The van der Waals surface area contributed by atoms with Crippen molar-refractivity contribution in [1.29, 1.82) is 0 Å². The van der Waals surface area contributed by atoms with Crippen molar-refractivity contribution in [2.24, 2.45) is 0 Å². The molecule has 0 saturated carbocycles. The number of H-pyrrole nitrogens is 1. The van der Waals surface area contributed by atoms with Gasteiger partial charge in [0, 0.05) is 18.0 Å². The van der Waals surface area contributed by atoms with E-state index in [9.17, 15) is 4.79 Å². The van der Waals surface area contributed by atoms with Gasteiger partial charge < -0.3 is 10.3 Å². The molecule has 0 spiro atoms. The van der Waals surface area contributed by atoms with E-state index < -0.39 is 0 Å². The molecule has 0 radical (unpaired) electrons. The third-order valence-electron chi connectivity index (χ3n) is 4.01. The summed E-state index contributed by atoms with van der Waals surface area (Å²) in [6.07, 6.45) is 3.14. The number of nitrogens with one attached hydrogen (secondary N) is 2. The van der Waals surface area contributed by atoms with Gasteiger partial charge in [-0.3, -0.25) is 4.79 Å². The van der Waals surface area contributed by atoms with Crippen LogP contribution in [-0.2, 0) is 12.8 Å². The molecule has 4 nitrogen and oxygen atoms in total. The molecule has 1 unspecified atom stereocenters. The maximum absolute atomic E-state index is 11.7. The SMILES string of the molecule is CC(C)c1nc(NC2CCc3ccccc3C2)cc(=O)[nH]1. The average molecular weight is 283 g/mol. The van der Waals surface area contributed by atoms with Crippen molar-refractivity contribution < 1.29 is 0 Å².